The smallest absolute Gasteiger partial charge is 0.264 e. The molecule has 4 rings (SSSR count). The number of benzene rings is 3. The van der Waals surface area contributed by atoms with Crippen molar-refractivity contribution in [3.63, 3.8) is 0 Å². The summed E-state index contributed by atoms with van der Waals surface area (Å²) in [6, 6.07) is 18.6. The highest BCUT2D eigenvalue weighted by molar-refractivity contribution is 7.92. The van der Waals surface area contributed by atoms with Crippen LogP contribution in [0.2, 0.25) is 5.02 Å². The molecule has 1 aliphatic rings. The van der Waals surface area contributed by atoms with Gasteiger partial charge in [0.25, 0.3) is 10.0 Å². The van der Waals surface area contributed by atoms with Crippen LogP contribution >= 0.6 is 11.6 Å². The van der Waals surface area contributed by atoms with Crippen molar-refractivity contribution in [3.05, 3.63) is 83.4 Å². The van der Waals surface area contributed by atoms with Crippen molar-refractivity contribution in [2.75, 3.05) is 25.1 Å². The van der Waals surface area contributed by atoms with Gasteiger partial charge < -0.3 is 19.7 Å². The molecule has 1 aliphatic carbocycles. The first kappa shape index (κ1) is 31.2. The summed E-state index contributed by atoms with van der Waals surface area (Å²) >= 11 is 6.23. The predicted octanol–water partition coefficient (Wildman–Crippen LogP) is 5.03. The average molecular weight is 614 g/mol. The Labute approximate surface area is 252 Å². The summed E-state index contributed by atoms with van der Waals surface area (Å²) in [5, 5.41) is 3.38. The lowest BCUT2D eigenvalue weighted by Gasteiger charge is -2.32. The molecule has 0 radical (unpaired) electrons. The van der Waals surface area contributed by atoms with Crippen molar-refractivity contribution in [2.24, 2.45) is 0 Å². The van der Waals surface area contributed by atoms with E-state index in [0.29, 0.717) is 16.5 Å². The SMILES string of the molecule is COc1ccc(CN(C(=O)CN(c2cccc(Cl)c2)S(=O)(=O)c2ccc(OC)cc2)C(C)C(=O)NC2CCCC2)cc1. The van der Waals surface area contributed by atoms with E-state index in [9.17, 15) is 18.0 Å². The second-order valence-electron chi connectivity index (χ2n) is 10.2. The number of nitrogens with zero attached hydrogens (tertiary/aromatic N) is 2. The number of hydrogen-bond acceptors (Lipinski definition) is 6. The Bertz CT molecular complexity index is 1480. The number of carbonyl (C=O) groups excluding carboxylic acids is 2. The average Bonchev–Trinajstić information content (AvgIpc) is 3.51. The first-order valence-corrected chi connectivity index (χ1v) is 15.6. The molecule has 1 unspecified atom stereocenters. The van der Waals surface area contributed by atoms with Crippen LogP contribution in [0.5, 0.6) is 11.5 Å². The van der Waals surface area contributed by atoms with E-state index in [-0.39, 0.29) is 29.1 Å². The molecule has 0 bridgehead atoms. The van der Waals surface area contributed by atoms with Crippen LogP contribution in [-0.4, -0.2) is 58.0 Å². The van der Waals surface area contributed by atoms with Gasteiger partial charge in [-0.15, -0.1) is 0 Å². The first-order valence-electron chi connectivity index (χ1n) is 13.8. The molecule has 0 spiro atoms. The molecule has 42 heavy (non-hydrogen) atoms. The lowest BCUT2D eigenvalue weighted by molar-refractivity contribution is -0.139. The van der Waals surface area contributed by atoms with Crippen LogP contribution in [-0.2, 0) is 26.2 Å². The van der Waals surface area contributed by atoms with Crippen molar-refractivity contribution in [1.29, 1.82) is 0 Å². The van der Waals surface area contributed by atoms with E-state index in [1.54, 1.807) is 44.4 Å². The highest BCUT2D eigenvalue weighted by atomic mass is 35.5. The van der Waals surface area contributed by atoms with Crippen molar-refractivity contribution in [3.8, 4) is 11.5 Å². The monoisotopic (exact) mass is 613 g/mol. The molecule has 1 atom stereocenters. The fourth-order valence-corrected chi connectivity index (χ4v) is 6.53. The largest absolute Gasteiger partial charge is 0.497 e. The molecule has 2 amide bonds. The van der Waals surface area contributed by atoms with Crippen molar-refractivity contribution >= 4 is 39.1 Å². The minimum Gasteiger partial charge on any atom is -0.497 e. The number of sulfonamides is 1. The normalized spacial score (nSPS) is 14.2. The Morgan fingerprint density at radius 1 is 0.952 bits per heavy atom. The summed E-state index contributed by atoms with van der Waals surface area (Å²) in [7, 11) is -1.16. The fourth-order valence-electron chi connectivity index (χ4n) is 4.94. The first-order chi connectivity index (χ1) is 20.1. The summed E-state index contributed by atoms with van der Waals surface area (Å²) in [6.45, 7) is 1.20. The molecule has 0 saturated heterocycles. The van der Waals surface area contributed by atoms with E-state index in [2.05, 4.69) is 5.32 Å². The molecule has 11 heteroatoms. The van der Waals surface area contributed by atoms with Crippen molar-refractivity contribution < 1.29 is 27.5 Å². The Morgan fingerprint density at radius 2 is 1.55 bits per heavy atom. The van der Waals surface area contributed by atoms with Crippen LogP contribution in [0, 0.1) is 0 Å². The lowest BCUT2D eigenvalue weighted by atomic mass is 10.1. The summed E-state index contributed by atoms with van der Waals surface area (Å²) in [4.78, 5) is 28.8. The quantitative estimate of drug-likeness (QED) is 0.307. The van der Waals surface area contributed by atoms with Gasteiger partial charge in [-0.25, -0.2) is 8.42 Å². The molecule has 1 N–H and O–H groups in total. The minimum atomic E-state index is -4.22. The summed E-state index contributed by atoms with van der Waals surface area (Å²) in [5.41, 5.74) is 0.983. The van der Waals surface area contributed by atoms with E-state index < -0.39 is 28.5 Å². The molecule has 1 saturated carbocycles. The van der Waals surface area contributed by atoms with E-state index in [0.717, 1.165) is 35.6 Å². The van der Waals surface area contributed by atoms with Gasteiger partial charge in [-0.1, -0.05) is 42.6 Å². The highest BCUT2D eigenvalue weighted by Crippen LogP contribution is 2.28. The van der Waals surface area contributed by atoms with E-state index in [1.807, 2.05) is 12.1 Å². The van der Waals surface area contributed by atoms with Crippen molar-refractivity contribution in [2.45, 2.75) is 56.1 Å². The molecule has 0 heterocycles. The standard InChI is InChI=1S/C31H36ClN3O6S/c1-22(31(37)33-25-8-4-5-9-25)34(20-23-11-13-27(40-2)14-12-23)30(36)21-35(26-10-6-7-24(32)19-26)42(38,39)29-17-15-28(41-3)16-18-29/h6-7,10-19,22,25H,4-5,8-9,20-21H2,1-3H3,(H,33,37). The molecule has 0 aromatic heterocycles. The molecular formula is C31H36ClN3O6S. The van der Waals surface area contributed by atoms with Crippen LogP contribution < -0.4 is 19.1 Å². The lowest BCUT2D eigenvalue weighted by Crippen LogP contribution is -2.52. The Balaban J connectivity index is 1.68. The maximum atomic E-state index is 14.1. The third kappa shape index (κ3) is 7.54. The fraction of sp³-hybridized carbons (Fsp3) is 0.355. The van der Waals surface area contributed by atoms with Crippen molar-refractivity contribution in [1.82, 2.24) is 10.2 Å². The van der Waals surface area contributed by atoms with E-state index >= 15 is 0 Å². The van der Waals surface area contributed by atoms with Crippen LogP contribution in [0.15, 0.2) is 77.7 Å². The Hall–Kier alpha value is -3.76. The summed E-state index contributed by atoms with van der Waals surface area (Å²) < 4.78 is 39.3. The number of ether oxygens (including phenoxy) is 2. The molecule has 3 aromatic rings. The number of carbonyl (C=O) groups is 2. The Kier molecular flexibility index (Phi) is 10.3. The van der Waals surface area contributed by atoms with Crippen LogP contribution in [0.3, 0.4) is 0 Å². The van der Waals surface area contributed by atoms with Gasteiger partial charge in [0.15, 0.2) is 0 Å². The van der Waals surface area contributed by atoms with Gasteiger partial charge in [-0.2, -0.15) is 0 Å². The molecule has 9 nitrogen and oxygen atoms in total. The van der Waals surface area contributed by atoms with Gasteiger partial charge in [0.05, 0.1) is 24.8 Å². The van der Waals surface area contributed by atoms with Gasteiger partial charge in [0, 0.05) is 17.6 Å². The number of anilines is 1. The number of methoxy groups -OCH3 is 2. The third-order valence-corrected chi connectivity index (χ3v) is 9.43. The predicted molar refractivity (Wildman–Crippen MR) is 162 cm³/mol. The number of nitrogens with one attached hydrogen (secondary N) is 1. The minimum absolute atomic E-state index is 0.0233. The maximum Gasteiger partial charge on any atom is 0.264 e. The number of amides is 2. The van der Waals surface area contributed by atoms with Crippen LogP contribution in [0.4, 0.5) is 5.69 Å². The summed E-state index contributed by atoms with van der Waals surface area (Å²) in [5.74, 6) is 0.321. The van der Waals surface area contributed by atoms with Gasteiger partial charge >= 0.3 is 0 Å². The zero-order chi connectivity index (χ0) is 30.3. The second kappa shape index (κ2) is 13.9. The Morgan fingerprint density at radius 3 is 2.12 bits per heavy atom. The maximum absolute atomic E-state index is 14.1. The summed E-state index contributed by atoms with van der Waals surface area (Å²) in [6.07, 6.45) is 3.89. The molecule has 224 valence electrons. The number of halogens is 1. The van der Waals surface area contributed by atoms with Gasteiger partial charge in [-0.3, -0.25) is 13.9 Å². The van der Waals surface area contributed by atoms with Crippen LogP contribution in [0.25, 0.3) is 0 Å². The molecule has 0 aliphatic heterocycles. The zero-order valence-electron chi connectivity index (χ0n) is 24.0. The van der Waals surface area contributed by atoms with Gasteiger partial charge in [0.1, 0.15) is 24.1 Å². The molecule has 3 aromatic carbocycles. The zero-order valence-corrected chi connectivity index (χ0v) is 25.5. The third-order valence-electron chi connectivity index (χ3n) is 7.40. The topological polar surface area (TPSA) is 105 Å². The number of rotatable bonds is 12. The van der Waals surface area contributed by atoms with E-state index in [4.69, 9.17) is 21.1 Å². The second-order valence-corrected chi connectivity index (χ2v) is 12.5. The van der Waals surface area contributed by atoms with Crippen LogP contribution in [0.1, 0.15) is 38.2 Å². The van der Waals surface area contributed by atoms with E-state index in [1.165, 1.54) is 42.3 Å². The molecular weight excluding hydrogens is 578 g/mol. The van der Waals surface area contributed by atoms with Gasteiger partial charge in [-0.05, 0) is 79.9 Å². The number of hydrogen-bond donors (Lipinski definition) is 1. The highest BCUT2D eigenvalue weighted by Gasteiger charge is 2.33. The molecule has 1 fully saturated rings. The van der Waals surface area contributed by atoms with Gasteiger partial charge in [0.2, 0.25) is 11.8 Å².